The molecule has 1 N–H and O–H groups in total. The van der Waals surface area contributed by atoms with E-state index in [0.29, 0.717) is 6.04 Å². The van der Waals surface area contributed by atoms with Gasteiger partial charge in [-0.3, -0.25) is 0 Å². The Bertz CT molecular complexity index is 206. The first-order valence-electron chi connectivity index (χ1n) is 4.64. The van der Waals surface area contributed by atoms with Crippen molar-refractivity contribution in [3.05, 3.63) is 30.3 Å². The average Bonchev–Trinajstić information content (AvgIpc) is 2.06. The van der Waals surface area contributed by atoms with E-state index in [1.807, 2.05) is 6.07 Å². The van der Waals surface area contributed by atoms with Crippen molar-refractivity contribution in [1.29, 1.82) is 0 Å². The van der Waals surface area contributed by atoms with Crippen LogP contribution in [-0.2, 0) is 0 Å². The smallest absolute Gasteiger partial charge is 0.0342 e. The largest absolute Gasteiger partial charge is 0.383 e. The molecule has 1 atom stereocenters. The highest BCUT2D eigenvalue weighted by Gasteiger charge is 1.98. The van der Waals surface area contributed by atoms with Gasteiger partial charge in [0.1, 0.15) is 0 Å². The van der Waals surface area contributed by atoms with Gasteiger partial charge < -0.3 is 5.32 Å². The first kappa shape index (κ1) is 9.11. The first-order chi connectivity index (χ1) is 5.83. The van der Waals surface area contributed by atoms with Gasteiger partial charge in [0.15, 0.2) is 0 Å². The molecule has 1 heteroatoms. The molecule has 0 aromatic heterocycles. The van der Waals surface area contributed by atoms with Gasteiger partial charge >= 0.3 is 0 Å². The van der Waals surface area contributed by atoms with E-state index in [-0.39, 0.29) is 0 Å². The van der Waals surface area contributed by atoms with Gasteiger partial charge in [-0.15, -0.1) is 0 Å². The molecule has 0 aliphatic heterocycles. The van der Waals surface area contributed by atoms with Gasteiger partial charge in [0.05, 0.1) is 0 Å². The van der Waals surface area contributed by atoms with Crippen molar-refractivity contribution in [2.45, 2.75) is 32.7 Å². The molecule has 66 valence electrons. The quantitative estimate of drug-likeness (QED) is 0.718. The van der Waals surface area contributed by atoms with Gasteiger partial charge in [0, 0.05) is 11.7 Å². The maximum Gasteiger partial charge on any atom is 0.0342 e. The monoisotopic (exact) mass is 163 g/mol. The minimum Gasteiger partial charge on any atom is -0.383 e. The van der Waals surface area contributed by atoms with Crippen LogP contribution in [0, 0.1) is 0 Å². The third kappa shape index (κ3) is 2.95. The molecule has 0 heterocycles. The summed E-state index contributed by atoms with van der Waals surface area (Å²) in [6.45, 7) is 4.43. The fourth-order valence-corrected chi connectivity index (χ4v) is 1.32. The number of rotatable bonds is 4. The summed E-state index contributed by atoms with van der Waals surface area (Å²) in [5, 5.41) is 3.44. The van der Waals surface area contributed by atoms with E-state index >= 15 is 0 Å². The molecule has 1 nitrogen and oxygen atoms in total. The number of benzene rings is 1. The SMILES string of the molecule is CCC[C@@H](C)Nc1ccccc1. The molecular weight excluding hydrogens is 146 g/mol. The maximum atomic E-state index is 3.44. The first-order valence-corrected chi connectivity index (χ1v) is 4.64. The summed E-state index contributed by atoms with van der Waals surface area (Å²) in [7, 11) is 0. The molecule has 1 rings (SSSR count). The number of hydrogen-bond acceptors (Lipinski definition) is 1. The zero-order chi connectivity index (χ0) is 8.81. The van der Waals surface area contributed by atoms with Crippen LogP contribution in [0.25, 0.3) is 0 Å². The van der Waals surface area contributed by atoms with Crippen molar-refractivity contribution in [2.24, 2.45) is 0 Å². The zero-order valence-corrected chi connectivity index (χ0v) is 7.88. The molecule has 0 aliphatic rings. The van der Waals surface area contributed by atoms with E-state index in [1.165, 1.54) is 18.5 Å². The van der Waals surface area contributed by atoms with E-state index in [2.05, 4.69) is 43.4 Å². The fourth-order valence-electron chi connectivity index (χ4n) is 1.32. The van der Waals surface area contributed by atoms with Gasteiger partial charge in [0.2, 0.25) is 0 Å². The van der Waals surface area contributed by atoms with Gasteiger partial charge in [-0.25, -0.2) is 0 Å². The van der Waals surface area contributed by atoms with E-state index in [4.69, 9.17) is 0 Å². The number of hydrogen-bond donors (Lipinski definition) is 1. The van der Waals surface area contributed by atoms with Crippen LogP contribution in [0.15, 0.2) is 30.3 Å². The van der Waals surface area contributed by atoms with Crippen LogP contribution >= 0.6 is 0 Å². The van der Waals surface area contributed by atoms with Gasteiger partial charge in [0.25, 0.3) is 0 Å². The summed E-state index contributed by atoms with van der Waals surface area (Å²) in [5.74, 6) is 0. The lowest BCUT2D eigenvalue weighted by molar-refractivity contribution is 0.690. The zero-order valence-electron chi connectivity index (χ0n) is 7.88. The lowest BCUT2D eigenvalue weighted by Crippen LogP contribution is -2.14. The second-order valence-corrected chi connectivity index (χ2v) is 3.20. The number of para-hydroxylation sites is 1. The van der Waals surface area contributed by atoms with E-state index < -0.39 is 0 Å². The normalized spacial score (nSPS) is 12.5. The van der Waals surface area contributed by atoms with Gasteiger partial charge in [-0.2, -0.15) is 0 Å². The Morgan fingerprint density at radius 2 is 1.92 bits per heavy atom. The minimum absolute atomic E-state index is 0.581. The van der Waals surface area contributed by atoms with Crippen molar-refractivity contribution >= 4 is 5.69 Å². The van der Waals surface area contributed by atoms with Crippen LogP contribution in [-0.4, -0.2) is 6.04 Å². The van der Waals surface area contributed by atoms with Crippen molar-refractivity contribution < 1.29 is 0 Å². The maximum absolute atomic E-state index is 3.44. The molecule has 0 fully saturated rings. The summed E-state index contributed by atoms with van der Waals surface area (Å²) in [5.41, 5.74) is 1.22. The van der Waals surface area contributed by atoms with E-state index in [9.17, 15) is 0 Å². The van der Waals surface area contributed by atoms with Crippen molar-refractivity contribution in [1.82, 2.24) is 0 Å². The van der Waals surface area contributed by atoms with Crippen LogP contribution < -0.4 is 5.32 Å². The predicted molar refractivity (Wildman–Crippen MR) is 54.4 cm³/mol. The van der Waals surface area contributed by atoms with Crippen LogP contribution in [0.5, 0.6) is 0 Å². The predicted octanol–water partition coefficient (Wildman–Crippen LogP) is 3.29. The third-order valence-corrected chi connectivity index (χ3v) is 1.91. The highest BCUT2D eigenvalue weighted by Crippen LogP contribution is 2.09. The number of nitrogens with one attached hydrogen (secondary N) is 1. The Morgan fingerprint density at radius 3 is 2.50 bits per heavy atom. The highest BCUT2D eigenvalue weighted by atomic mass is 14.9. The summed E-state index contributed by atoms with van der Waals surface area (Å²) >= 11 is 0. The Hall–Kier alpha value is -0.980. The molecule has 1 aromatic carbocycles. The number of anilines is 1. The Labute approximate surface area is 74.8 Å². The van der Waals surface area contributed by atoms with Crippen molar-refractivity contribution in [3.63, 3.8) is 0 Å². The van der Waals surface area contributed by atoms with Crippen LogP contribution in [0.1, 0.15) is 26.7 Å². The van der Waals surface area contributed by atoms with E-state index in [0.717, 1.165) is 0 Å². The molecule has 0 bridgehead atoms. The van der Waals surface area contributed by atoms with Crippen LogP contribution in [0.4, 0.5) is 5.69 Å². The molecule has 0 spiro atoms. The Balaban J connectivity index is 2.41. The second kappa shape index (κ2) is 4.81. The Morgan fingerprint density at radius 1 is 1.25 bits per heavy atom. The molecule has 0 saturated carbocycles. The second-order valence-electron chi connectivity index (χ2n) is 3.20. The molecule has 0 amide bonds. The molecule has 12 heavy (non-hydrogen) atoms. The summed E-state index contributed by atoms with van der Waals surface area (Å²) in [4.78, 5) is 0. The topological polar surface area (TPSA) is 12.0 Å². The molecule has 0 radical (unpaired) electrons. The summed E-state index contributed by atoms with van der Waals surface area (Å²) < 4.78 is 0. The molecule has 0 unspecified atom stereocenters. The van der Waals surface area contributed by atoms with Gasteiger partial charge in [-0.1, -0.05) is 31.5 Å². The molecule has 1 aromatic rings. The van der Waals surface area contributed by atoms with Gasteiger partial charge in [-0.05, 0) is 25.5 Å². The van der Waals surface area contributed by atoms with Crippen molar-refractivity contribution in [2.75, 3.05) is 5.32 Å². The van der Waals surface area contributed by atoms with Crippen LogP contribution in [0.3, 0.4) is 0 Å². The standard InChI is InChI=1S/C11H17N/c1-3-7-10(2)12-11-8-5-4-6-9-11/h4-6,8-10,12H,3,7H2,1-2H3/t10-/m1/s1. The van der Waals surface area contributed by atoms with E-state index in [1.54, 1.807) is 0 Å². The lowest BCUT2D eigenvalue weighted by atomic mass is 10.2. The van der Waals surface area contributed by atoms with Crippen molar-refractivity contribution in [3.8, 4) is 0 Å². The van der Waals surface area contributed by atoms with Crippen LogP contribution in [0.2, 0.25) is 0 Å². The molecular formula is C11H17N. The lowest BCUT2D eigenvalue weighted by Gasteiger charge is -2.13. The summed E-state index contributed by atoms with van der Waals surface area (Å²) in [6, 6.07) is 10.9. The Kier molecular flexibility index (Phi) is 3.65. The average molecular weight is 163 g/mol. The fraction of sp³-hybridized carbons (Fsp3) is 0.455. The minimum atomic E-state index is 0.581. The third-order valence-electron chi connectivity index (χ3n) is 1.91. The molecule has 0 aliphatic carbocycles. The molecule has 0 saturated heterocycles. The summed E-state index contributed by atoms with van der Waals surface area (Å²) in [6.07, 6.45) is 2.47. The highest BCUT2D eigenvalue weighted by molar-refractivity contribution is 5.43.